The number of sulfonamides is 1. The van der Waals surface area contributed by atoms with Crippen LogP contribution in [0.1, 0.15) is 34.3 Å². The molecule has 1 aliphatic rings. The molecule has 2 aromatic carbocycles. The summed E-state index contributed by atoms with van der Waals surface area (Å²) in [6, 6.07) is 10.5. The molecule has 0 saturated carbocycles. The van der Waals surface area contributed by atoms with Crippen LogP contribution < -0.4 is 5.32 Å². The van der Waals surface area contributed by atoms with Crippen molar-refractivity contribution in [1.82, 2.24) is 9.62 Å². The summed E-state index contributed by atoms with van der Waals surface area (Å²) in [4.78, 5) is 12.3. The van der Waals surface area contributed by atoms with Crippen LogP contribution in [0.15, 0.2) is 53.4 Å². The lowest BCUT2D eigenvalue weighted by atomic mass is 10.1. The van der Waals surface area contributed by atoms with Crippen molar-refractivity contribution in [2.24, 2.45) is 0 Å². The molecule has 5 nitrogen and oxygen atoms in total. The van der Waals surface area contributed by atoms with Gasteiger partial charge in [-0.05, 0) is 49.2 Å². The molecular formula is C21H19F3N2O3S. The first-order valence-electron chi connectivity index (χ1n) is 9.23. The van der Waals surface area contributed by atoms with Gasteiger partial charge in [-0.2, -0.15) is 17.5 Å². The molecule has 0 radical (unpaired) electrons. The monoisotopic (exact) mass is 436 g/mol. The van der Waals surface area contributed by atoms with Gasteiger partial charge in [0.25, 0.3) is 5.91 Å². The molecule has 0 aliphatic carbocycles. The van der Waals surface area contributed by atoms with Crippen molar-refractivity contribution in [2.75, 3.05) is 19.6 Å². The van der Waals surface area contributed by atoms with E-state index in [0.29, 0.717) is 13.1 Å². The number of amides is 1. The van der Waals surface area contributed by atoms with Gasteiger partial charge in [0, 0.05) is 24.2 Å². The van der Waals surface area contributed by atoms with E-state index in [1.165, 1.54) is 46.8 Å². The molecule has 0 spiro atoms. The number of nitrogens with one attached hydrogen (secondary N) is 1. The molecule has 0 aromatic heterocycles. The summed E-state index contributed by atoms with van der Waals surface area (Å²) < 4.78 is 65.2. The summed E-state index contributed by atoms with van der Waals surface area (Å²) >= 11 is 0. The van der Waals surface area contributed by atoms with E-state index < -0.39 is 27.7 Å². The Labute approximate surface area is 172 Å². The number of hydrogen-bond donors (Lipinski definition) is 1. The number of carbonyl (C=O) groups excluding carboxylic acids is 1. The molecule has 1 aliphatic heterocycles. The smallest absolute Gasteiger partial charge is 0.341 e. The maximum absolute atomic E-state index is 12.9. The normalized spacial score (nSPS) is 14.8. The van der Waals surface area contributed by atoms with E-state index in [9.17, 15) is 26.4 Å². The van der Waals surface area contributed by atoms with E-state index in [1.807, 2.05) is 0 Å². The maximum Gasteiger partial charge on any atom is 0.417 e. The van der Waals surface area contributed by atoms with E-state index in [0.717, 1.165) is 18.9 Å². The second-order valence-electron chi connectivity index (χ2n) is 6.66. The summed E-state index contributed by atoms with van der Waals surface area (Å²) in [7, 11) is -3.56. The van der Waals surface area contributed by atoms with E-state index in [2.05, 4.69) is 17.2 Å². The zero-order valence-electron chi connectivity index (χ0n) is 15.9. The summed E-state index contributed by atoms with van der Waals surface area (Å²) in [6.07, 6.45) is -2.85. The zero-order chi connectivity index (χ0) is 21.8. The number of hydrogen-bond acceptors (Lipinski definition) is 3. The number of alkyl halides is 3. The summed E-state index contributed by atoms with van der Waals surface area (Å²) in [5.41, 5.74) is -0.776. The first-order valence-corrected chi connectivity index (χ1v) is 10.7. The Morgan fingerprint density at radius 2 is 1.67 bits per heavy atom. The number of carbonyl (C=O) groups is 1. The molecule has 0 bridgehead atoms. The molecule has 1 saturated heterocycles. The molecule has 9 heteroatoms. The standard InChI is InChI=1S/C21H19F3N2O3S/c22-21(23,24)19-8-2-1-6-16(19)7-5-13-25-20(27)17-9-11-18(12-10-17)30(28,29)26-14-3-4-15-26/h1-2,6,8-12H,3-4,13-15H2,(H,25,27). The van der Waals surface area contributed by atoms with Gasteiger partial charge in [0.15, 0.2) is 0 Å². The summed E-state index contributed by atoms with van der Waals surface area (Å²) in [5, 5.41) is 2.49. The molecule has 1 heterocycles. The topological polar surface area (TPSA) is 66.5 Å². The lowest BCUT2D eigenvalue weighted by Gasteiger charge is -2.15. The zero-order valence-corrected chi connectivity index (χ0v) is 16.7. The first kappa shape index (κ1) is 21.9. The van der Waals surface area contributed by atoms with E-state index in [4.69, 9.17) is 0 Å². The summed E-state index contributed by atoms with van der Waals surface area (Å²) in [6.45, 7) is 0.820. The Bertz CT molecular complexity index is 1080. The average molecular weight is 436 g/mol. The van der Waals surface area contributed by atoms with Crippen LogP contribution in [0.3, 0.4) is 0 Å². The van der Waals surface area contributed by atoms with E-state index in [-0.39, 0.29) is 22.6 Å². The fraction of sp³-hybridized carbons (Fsp3) is 0.286. The minimum absolute atomic E-state index is 0.115. The Morgan fingerprint density at radius 3 is 2.30 bits per heavy atom. The number of benzene rings is 2. The lowest BCUT2D eigenvalue weighted by Crippen LogP contribution is -2.28. The van der Waals surface area contributed by atoms with Gasteiger partial charge in [0.2, 0.25) is 10.0 Å². The van der Waals surface area contributed by atoms with Crippen LogP contribution in [0, 0.1) is 11.8 Å². The summed E-state index contributed by atoms with van der Waals surface area (Å²) in [5.74, 6) is 4.42. The van der Waals surface area contributed by atoms with E-state index in [1.54, 1.807) is 0 Å². The van der Waals surface area contributed by atoms with Crippen LogP contribution in [-0.2, 0) is 16.2 Å². The predicted molar refractivity (Wildman–Crippen MR) is 105 cm³/mol. The van der Waals surface area contributed by atoms with Crippen molar-refractivity contribution in [2.45, 2.75) is 23.9 Å². The van der Waals surface area contributed by atoms with E-state index >= 15 is 0 Å². The Morgan fingerprint density at radius 1 is 1.03 bits per heavy atom. The fourth-order valence-corrected chi connectivity index (χ4v) is 4.58. The SMILES string of the molecule is O=C(NCC#Cc1ccccc1C(F)(F)F)c1ccc(S(=O)(=O)N2CCCC2)cc1. The van der Waals surface area contributed by atoms with Gasteiger partial charge in [-0.25, -0.2) is 8.42 Å². The highest BCUT2D eigenvalue weighted by Gasteiger charge is 2.32. The van der Waals surface area contributed by atoms with Gasteiger partial charge < -0.3 is 5.32 Å². The fourth-order valence-electron chi connectivity index (χ4n) is 3.06. The van der Waals surface area contributed by atoms with Crippen LogP contribution in [0.5, 0.6) is 0 Å². The third-order valence-electron chi connectivity index (χ3n) is 4.61. The van der Waals surface area contributed by atoms with Crippen LogP contribution in [0.4, 0.5) is 13.2 Å². The predicted octanol–water partition coefficient (Wildman–Crippen LogP) is 3.27. The highest BCUT2D eigenvalue weighted by molar-refractivity contribution is 7.89. The molecule has 3 rings (SSSR count). The lowest BCUT2D eigenvalue weighted by molar-refractivity contribution is -0.137. The van der Waals surface area contributed by atoms with Crippen LogP contribution in [0.2, 0.25) is 0 Å². The third kappa shape index (κ3) is 5.01. The molecule has 0 atom stereocenters. The Hall–Kier alpha value is -2.83. The largest absolute Gasteiger partial charge is 0.417 e. The average Bonchev–Trinajstić information content (AvgIpc) is 3.26. The van der Waals surface area contributed by atoms with Gasteiger partial charge in [-0.1, -0.05) is 24.0 Å². The molecular weight excluding hydrogens is 417 g/mol. The molecule has 1 fully saturated rings. The van der Waals surface area contributed by atoms with Crippen molar-refractivity contribution in [1.29, 1.82) is 0 Å². The van der Waals surface area contributed by atoms with Gasteiger partial charge in [-0.15, -0.1) is 0 Å². The van der Waals surface area contributed by atoms with Crippen molar-refractivity contribution >= 4 is 15.9 Å². The Balaban J connectivity index is 1.63. The quantitative estimate of drug-likeness (QED) is 0.749. The minimum Gasteiger partial charge on any atom is -0.341 e. The van der Waals surface area contributed by atoms with Crippen LogP contribution in [-0.4, -0.2) is 38.3 Å². The van der Waals surface area contributed by atoms with Crippen LogP contribution >= 0.6 is 0 Å². The van der Waals surface area contributed by atoms with Crippen molar-refractivity contribution < 1.29 is 26.4 Å². The maximum atomic E-state index is 12.9. The van der Waals surface area contributed by atoms with Crippen molar-refractivity contribution in [3.63, 3.8) is 0 Å². The highest BCUT2D eigenvalue weighted by atomic mass is 32.2. The second-order valence-corrected chi connectivity index (χ2v) is 8.60. The van der Waals surface area contributed by atoms with Gasteiger partial charge in [-0.3, -0.25) is 4.79 Å². The van der Waals surface area contributed by atoms with Gasteiger partial charge in [0.05, 0.1) is 17.0 Å². The molecule has 0 unspecified atom stereocenters. The minimum atomic E-state index is -4.51. The first-order chi connectivity index (χ1) is 14.2. The second kappa shape index (κ2) is 8.90. The molecule has 158 valence electrons. The van der Waals surface area contributed by atoms with Crippen molar-refractivity contribution in [3.8, 4) is 11.8 Å². The van der Waals surface area contributed by atoms with Gasteiger partial charge in [0.1, 0.15) is 0 Å². The number of rotatable bonds is 4. The number of nitrogens with zero attached hydrogens (tertiary/aromatic N) is 1. The molecule has 1 amide bonds. The van der Waals surface area contributed by atoms with Crippen LogP contribution in [0.25, 0.3) is 0 Å². The Kier molecular flexibility index (Phi) is 6.48. The van der Waals surface area contributed by atoms with Crippen molar-refractivity contribution in [3.05, 3.63) is 65.2 Å². The molecule has 2 aromatic rings. The third-order valence-corrected chi connectivity index (χ3v) is 6.53. The molecule has 30 heavy (non-hydrogen) atoms. The van der Waals surface area contributed by atoms with Gasteiger partial charge >= 0.3 is 6.18 Å². The highest BCUT2D eigenvalue weighted by Crippen LogP contribution is 2.31. The number of halogens is 3. The molecule has 1 N–H and O–H groups in total.